The van der Waals surface area contributed by atoms with Crippen molar-refractivity contribution in [1.82, 2.24) is 14.8 Å². The molecule has 2 aromatic rings. The Bertz CT molecular complexity index is 904. The number of alkyl halides is 3. The molecular weight excluding hydrogens is 447 g/mol. The van der Waals surface area contributed by atoms with Gasteiger partial charge in [0.2, 0.25) is 5.88 Å². The van der Waals surface area contributed by atoms with Gasteiger partial charge in [-0.25, -0.2) is 9.78 Å². The molecule has 0 saturated carbocycles. The van der Waals surface area contributed by atoms with Gasteiger partial charge in [0.25, 0.3) is 0 Å². The Hall–Kier alpha value is -2.81. The third-order valence-electron chi connectivity index (χ3n) is 6.09. The minimum absolute atomic E-state index is 0.0516. The summed E-state index contributed by atoms with van der Waals surface area (Å²) in [6.45, 7) is 4.95. The van der Waals surface area contributed by atoms with Gasteiger partial charge in [-0.15, -0.1) is 0 Å². The van der Waals surface area contributed by atoms with Crippen molar-refractivity contribution in [3.63, 3.8) is 0 Å². The lowest BCUT2D eigenvalue weighted by Crippen LogP contribution is -2.50. The highest BCUT2D eigenvalue weighted by molar-refractivity contribution is 5.66. The van der Waals surface area contributed by atoms with Gasteiger partial charge in [-0.05, 0) is 36.7 Å². The van der Waals surface area contributed by atoms with E-state index in [9.17, 15) is 23.1 Å². The molecule has 3 rings (SSSR count). The quantitative estimate of drug-likeness (QED) is 0.390. The summed E-state index contributed by atoms with van der Waals surface area (Å²) in [5.41, 5.74) is 0.00884. The lowest BCUT2D eigenvalue weighted by molar-refractivity contribution is -0.137. The molecule has 1 atom stereocenters. The zero-order valence-corrected chi connectivity index (χ0v) is 19.4. The number of aromatic nitrogens is 1. The molecule has 1 aliphatic rings. The summed E-state index contributed by atoms with van der Waals surface area (Å²) in [5.74, 6) is 0.466. The van der Waals surface area contributed by atoms with Crippen LogP contribution in [-0.2, 0) is 6.18 Å². The lowest BCUT2D eigenvalue weighted by Gasteiger charge is -2.40. The number of hydrogen-bond donors (Lipinski definition) is 1. The molecule has 2 heterocycles. The Morgan fingerprint density at radius 3 is 2.38 bits per heavy atom. The average molecular weight is 480 g/mol. The van der Waals surface area contributed by atoms with E-state index in [0.717, 1.165) is 37.3 Å². The maximum atomic E-state index is 12.7. The highest BCUT2D eigenvalue weighted by Gasteiger charge is 2.32. The molecule has 0 aliphatic carbocycles. The standard InChI is InChI=1S/C25H32F3N3O3/c1-2-3-4-5-6-7-14-30-15-16-31(24(32)33)22(18-30)19-8-11-21(12-9-19)34-23-13-10-20(17-29-23)25(26,27)28/h8-13,17,22H,2-7,14-16,18H2,1H3,(H,32,33). The maximum Gasteiger partial charge on any atom is 0.417 e. The number of piperazine rings is 1. The van der Waals surface area contributed by atoms with Crippen LogP contribution in [0.5, 0.6) is 11.6 Å². The molecule has 186 valence electrons. The molecule has 0 radical (unpaired) electrons. The van der Waals surface area contributed by atoms with E-state index in [-0.39, 0.29) is 11.9 Å². The normalized spacial score (nSPS) is 17.1. The zero-order chi connectivity index (χ0) is 24.6. The summed E-state index contributed by atoms with van der Waals surface area (Å²) >= 11 is 0. The number of benzene rings is 1. The van der Waals surface area contributed by atoms with Crippen LogP contribution in [0.15, 0.2) is 42.6 Å². The smallest absolute Gasteiger partial charge is 0.417 e. The first-order chi connectivity index (χ1) is 16.3. The Labute approximate surface area is 198 Å². The highest BCUT2D eigenvalue weighted by Crippen LogP contribution is 2.31. The number of unbranched alkanes of at least 4 members (excludes halogenated alkanes) is 5. The van der Waals surface area contributed by atoms with E-state index in [1.165, 1.54) is 43.1 Å². The van der Waals surface area contributed by atoms with Crippen LogP contribution >= 0.6 is 0 Å². The number of carboxylic acid groups (broad SMARTS) is 1. The minimum Gasteiger partial charge on any atom is -0.465 e. The van der Waals surface area contributed by atoms with Gasteiger partial charge < -0.3 is 9.84 Å². The van der Waals surface area contributed by atoms with Gasteiger partial charge in [-0.2, -0.15) is 13.2 Å². The third-order valence-corrected chi connectivity index (χ3v) is 6.09. The number of carbonyl (C=O) groups is 1. The van der Waals surface area contributed by atoms with E-state index >= 15 is 0 Å². The van der Waals surface area contributed by atoms with Crippen LogP contribution < -0.4 is 4.74 Å². The molecule has 0 bridgehead atoms. The molecule has 34 heavy (non-hydrogen) atoms. The second kappa shape index (κ2) is 12.1. The van der Waals surface area contributed by atoms with Gasteiger partial charge in [-0.1, -0.05) is 51.2 Å². The first-order valence-electron chi connectivity index (χ1n) is 11.8. The van der Waals surface area contributed by atoms with Crippen LogP contribution in [0.2, 0.25) is 0 Å². The topological polar surface area (TPSA) is 65.9 Å². The molecule has 1 N–H and O–H groups in total. The summed E-state index contributed by atoms with van der Waals surface area (Å²) in [6.07, 6.45) is 2.63. The molecule has 1 aromatic carbocycles. The number of pyridine rings is 1. The first kappa shape index (κ1) is 25.8. The monoisotopic (exact) mass is 479 g/mol. The fraction of sp³-hybridized carbons (Fsp3) is 0.520. The van der Waals surface area contributed by atoms with Crippen molar-refractivity contribution in [2.24, 2.45) is 0 Å². The highest BCUT2D eigenvalue weighted by atomic mass is 19.4. The molecule has 9 heteroatoms. The maximum absolute atomic E-state index is 12.7. The van der Waals surface area contributed by atoms with E-state index < -0.39 is 17.8 Å². The fourth-order valence-electron chi connectivity index (χ4n) is 4.16. The van der Waals surface area contributed by atoms with Gasteiger partial charge in [0, 0.05) is 31.9 Å². The first-order valence-corrected chi connectivity index (χ1v) is 11.8. The van der Waals surface area contributed by atoms with Crippen molar-refractivity contribution >= 4 is 6.09 Å². The van der Waals surface area contributed by atoms with Crippen LogP contribution in [0.4, 0.5) is 18.0 Å². The molecule has 1 aromatic heterocycles. The Morgan fingerprint density at radius 2 is 1.76 bits per heavy atom. The number of amides is 1. The van der Waals surface area contributed by atoms with Gasteiger partial charge in [0.15, 0.2) is 0 Å². The average Bonchev–Trinajstić information content (AvgIpc) is 2.81. The van der Waals surface area contributed by atoms with Crippen molar-refractivity contribution in [1.29, 1.82) is 0 Å². The second-order valence-corrected chi connectivity index (χ2v) is 8.61. The van der Waals surface area contributed by atoms with Crippen molar-refractivity contribution in [3.05, 3.63) is 53.7 Å². The van der Waals surface area contributed by atoms with Crippen LogP contribution in [0.3, 0.4) is 0 Å². The minimum atomic E-state index is -4.45. The van der Waals surface area contributed by atoms with E-state index in [4.69, 9.17) is 4.74 Å². The predicted molar refractivity (Wildman–Crippen MR) is 123 cm³/mol. The SMILES string of the molecule is CCCCCCCCN1CCN(C(=O)O)C(c2ccc(Oc3ccc(C(F)(F)F)cn3)cc2)C1. The number of hydrogen-bond acceptors (Lipinski definition) is 4. The molecule has 1 amide bonds. The van der Waals surface area contributed by atoms with Crippen molar-refractivity contribution < 1.29 is 27.8 Å². The Balaban J connectivity index is 1.60. The summed E-state index contributed by atoms with van der Waals surface area (Å²) in [7, 11) is 0. The van der Waals surface area contributed by atoms with E-state index in [2.05, 4.69) is 16.8 Å². The third kappa shape index (κ3) is 7.35. The lowest BCUT2D eigenvalue weighted by atomic mass is 10.0. The second-order valence-electron chi connectivity index (χ2n) is 8.61. The van der Waals surface area contributed by atoms with Crippen LogP contribution in [0, 0.1) is 0 Å². The molecule has 6 nitrogen and oxygen atoms in total. The van der Waals surface area contributed by atoms with E-state index in [1.807, 2.05) is 0 Å². The summed E-state index contributed by atoms with van der Waals surface area (Å²) in [4.78, 5) is 19.3. The van der Waals surface area contributed by atoms with Gasteiger partial charge in [0.1, 0.15) is 5.75 Å². The molecule has 1 aliphatic heterocycles. The predicted octanol–water partition coefficient (Wildman–Crippen LogP) is 6.59. The number of nitrogens with zero attached hydrogens (tertiary/aromatic N) is 3. The van der Waals surface area contributed by atoms with Gasteiger partial charge in [-0.3, -0.25) is 9.80 Å². The van der Waals surface area contributed by atoms with Gasteiger partial charge >= 0.3 is 12.3 Å². The summed E-state index contributed by atoms with van der Waals surface area (Å²) in [6, 6.07) is 8.77. The fourth-order valence-corrected chi connectivity index (χ4v) is 4.16. The zero-order valence-electron chi connectivity index (χ0n) is 19.4. The van der Waals surface area contributed by atoms with E-state index in [0.29, 0.717) is 18.8 Å². The number of ether oxygens (including phenoxy) is 1. The van der Waals surface area contributed by atoms with Crippen molar-refractivity contribution in [2.75, 3.05) is 26.2 Å². The molecular formula is C25H32F3N3O3. The Kier molecular flexibility index (Phi) is 9.15. The molecule has 1 unspecified atom stereocenters. The van der Waals surface area contributed by atoms with Crippen molar-refractivity contribution in [3.8, 4) is 11.6 Å². The molecule has 1 saturated heterocycles. The van der Waals surface area contributed by atoms with Crippen LogP contribution in [-0.4, -0.2) is 52.2 Å². The molecule has 1 fully saturated rings. The van der Waals surface area contributed by atoms with Gasteiger partial charge in [0.05, 0.1) is 11.6 Å². The summed E-state index contributed by atoms with van der Waals surface area (Å²) < 4.78 is 43.6. The number of rotatable bonds is 10. The van der Waals surface area contributed by atoms with Crippen LogP contribution in [0.25, 0.3) is 0 Å². The number of halogens is 3. The molecule has 0 spiro atoms. The van der Waals surface area contributed by atoms with Crippen LogP contribution in [0.1, 0.15) is 62.6 Å². The largest absolute Gasteiger partial charge is 0.465 e. The summed E-state index contributed by atoms with van der Waals surface area (Å²) in [5, 5.41) is 9.68. The Morgan fingerprint density at radius 1 is 1.06 bits per heavy atom. The van der Waals surface area contributed by atoms with Crippen molar-refractivity contribution in [2.45, 2.75) is 57.7 Å². The van der Waals surface area contributed by atoms with E-state index in [1.54, 1.807) is 24.3 Å².